The van der Waals surface area contributed by atoms with Gasteiger partial charge in [0.25, 0.3) is 0 Å². The highest BCUT2D eigenvalue weighted by molar-refractivity contribution is 5.18. The molecule has 0 aliphatic rings. The number of aliphatic hydroxyl groups is 1. The van der Waals surface area contributed by atoms with E-state index in [-0.39, 0.29) is 12.6 Å². The molecule has 0 saturated heterocycles. The summed E-state index contributed by atoms with van der Waals surface area (Å²) in [5.41, 5.74) is 1.16. The maximum absolute atomic E-state index is 9.44. The monoisotopic (exact) mass is 235 g/mol. The molecule has 1 aromatic rings. The zero-order valence-corrected chi connectivity index (χ0v) is 11.0. The Morgan fingerprint density at radius 3 is 2.47 bits per heavy atom. The van der Waals surface area contributed by atoms with Crippen LogP contribution in [0.25, 0.3) is 0 Å². The quantitative estimate of drug-likeness (QED) is 0.678. The summed E-state index contributed by atoms with van der Waals surface area (Å²) in [6, 6.07) is 10.7. The van der Waals surface area contributed by atoms with Crippen molar-refractivity contribution in [3.8, 4) is 0 Å². The number of hydrogen-bond donors (Lipinski definition) is 2. The number of benzene rings is 1. The van der Waals surface area contributed by atoms with Crippen LogP contribution < -0.4 is 5.32 Å². The van der Waals surface area contributed by atoms with E-state index in [9.17, 15) is 5.11 Å². The van der Waals surface area contributed by atoms with Crippen LogP contribution in [0.4, 0.5) is 0 Å². The predicted octanol–water partition coefficient (Wildman–Crippen LogP) is 3.28. The maximum Gasteiger partial charge on any atom is 0.0626 e. The van der Waals surface area contributed by atoms with E-state index in [1.165, 1.54) is 25.7 Å². The average molecular weight is 235 g/mol. The summed E-state index contributed by atoms with van der Waals surface area (Å²) in [5.74, 6) is 0. The highest BCUT2D eigenvalue weighted by atomic mass is 16.3. The van der Waals surface area contributed by atoms with E-state index >= 15 is 0 Å². The van der Waals surface area contributed by atoms with Crippen LogP contribution in [0, 0.1) is 0 Å². The molecule has 2 nitrogen and oxygen atoms in total. The van der Waals surface area contributed by atoms with Crippen LogP contribution in [0.3, 0.4) is 0 Å². The number of rotatable bonds is 8. The molecule has 0 fully saturated rings. The summed E-state index contributed by atoms with van der Waals surface area (Å²) in [4.78, 5) is 0. The third kappa shape index (κ3) is 5.33. The highest BCUT2D eigenvalue weighted by Gasteiger charge is 2.12. The number of unbranched alkanes of at least 4 members (excludes halogenated alkanes) is 2. The van der Waals surface area contributed by atoms with Crippen molar-refractivity contribution in [1.82, 2.24) is 5.32 Å². The fourth-order valence-corrected chi connectivity index (χ4v) is 2.07. The molecule has 0 radical (unpaired) electrons. The molecular formula is C15H25NO. The van der Waals surface area contributed by atoms with Crippen molar-refractivity contribution in [3.05, 3.63) is 35.9 Å². The van der Waals surface area contributed by atoms with Gasteiger partial charge in [0.05, 0.1) is 12.6 Å². The van der Waals surface area contributed by atoms with Crippen molar-refractivity contribution in [3.63, 3.8) is 0 Å². The highest BCUT2D eigenvalue weighted by Crippen LogP contribution is 2.14. The van der Waals surface area contributed by atoms with Crippen LogP contribution in [-0.2, 0) is 0 Å². The first-order chi connectivity index (χ1) is 8.27. The van der Waals surface area contributed by atoms with Crippen LogP contribution >= 0.6 is 0 Å². The van der Waals surface area contributed by atoms with Crippen LogP contribution in [0.5, 0.6) is 0 Å². The second kappa shape index (κ2) is 8.26. The third-order valence-electron chi connectivity index (χ3n) is 3.11. The van der Waals surface area contributed by atoms with E-state index in [0.717, 1.165) is 5.56 Å². The minimum absolute atomic E-state index is 0.0628. The lowest BCUT2D eigenvalue weighted by Gasteiger charge is -2.22. The molecule has 0 bridgehead atoms. The zero-order valence-electron chi connectivity index (χ0n) is 11.0. The molecule has 17 heavy (non-hydrogen) atoms. The molecular weight excluding hydrogens is 210 g/mol. The van der Waals surface area contributed by atoms with Gasteiger partial charge in [-0.15, -0.1) is 0 Å². The van der Waals surface area contributed by atoms with Crippen LogP contribution in [0.15, 0.2) is 30.3 Å². The summed E-state index contributed by atoms with van der Waals surface area (Å²) >= 11 is 0. The lowest BCUT2D eigenvalue weighted by Crippen LogP contribution is -2.32. The molecule has 96 valence electrons. The topological polar surface area (TPSA) is 32.3 Å². The van der Waals surface area contributed by atoms with E-state index in [0.29, 0.717) is 6.04 Å². The normalized spacial score (nSPS) is 14.5. The average Bonchev–Trinajstić information content (AvgIpc) is 2.37. The van der Waals surface area contributed by atoms with Gasteiger partial charge >= 0.3 is 0 Å². The standard InChI is InChI=1S/C15H25NO/c1-3-4-6-9-13(2)16-15(12-17)14-10-7-5-8-11-14/h5,7-8,10-11,13,15-17H,3-4,6,9,12H2,1-2H3/t13?,15-/m0/s1. The SMILES string of the molecule is CCCCCC(C)N[C@@H](CO)c1ccccc1. The number of nitrogens with one attached hydrogen (secondary N) is 1. The first-order valence-corrected chi connectivity index (χ1v) is 6.69. The first kappa shape index (κ1) is 14.2. The third-order valence-corrected chi connectivity index (χ3v) is 3.11. The van der Waals surface area contributed by atoms with E-state index in [1.54, 1.807) is 0 Å². The van der Waals surface area contributed by atoms with Crippen molar-refractivity contribution in [2.24, 2.45) is 0 Å². The van der Waals surface area contributed by atoms with Gasteiger partial charge in [0.1, 0.15) is 0 Å². The summed E-state index contributed by atoms with van der Waals surface area (Å²) in [5, 5.41) is 12.9. The Hall–Kier alpha value is -0.860. The van der Waals surface area contributed by atoms with Crippen molar-refractivity contribution in [2.75, 3.05) is 6.61 Å². The van der Waals surface area contributed by atoms with Gasteiger partial charge in [-0.1, -0.05) is 56.5 Å². The molecule has 0 heterocycles. The smallest absolute Gasteiger partial charge is 0.0626 e. The second-order valence-corrected chi connectivity index (χ2v) is 4.71. The van der Waals surface area contributed by atoms with E-state index in [1.807, 2.05) is 18.2 Å². The predicted molar refractivity (Wildman–Crippen MR) is 73.0 cm³/mol. The van der Waals surface area contributed by atoms with E-state index in [4.69, 9.17) is 0 Å². The Morgan fingerprint density at radius 1 is 1.18 bits per heavy atom. The fourth-order valence-electron chi connectivity index (χ4n) is 2.07. The van der Waals surface area contributed by atoms with Gasteiger partial charge in [0.2, 0.25) is 0 Å². The zero-order chi connectivity index (χ0) is 12.5. The Kier molecular flexibility index (Phi) is 6.90. The summed E-state index contributed by atoms with van der Waals surface area (Å²) < 4.78 is 0. The molecule has 0 saturated carbocycles. The Bertz CT molecular complexity index is 286. The van der Waals surface area contributed by atoms with Crippen LogP contribution in [-0.4, -0.2) is 17.8 Å². The minimum Gasteiger partial charge on any atom is -0.394 e. The molecule has 1 rings (SSSR count). The molecule has 0 aliphatic heterocycles. The van der Waals surface area contributed by atoms with Gasteiger partial charge < -0.3 is 10.4 Å². The molecule has 0 amide bonds. The molecule has 2 atom stereocenters. The van der Waals surface area contributed by atoms with Gasteiger partial charge in [-0.25, -0.2) is 0 Å². The number of hydrogen-bond acceptors (Lipinski definition) is 2. The fraction of sp³-hybridized carbons (Fsp3) is 0.600. The summed E-state index contributed by atoms with van der Waals surface area (Å²) in [6.45, 7) is 4.57. The van der Waals surface area contributed by atoms with Crippen molar-refractivity contribution in [2.45, 2.75) is 51.6 Å². The van der Waals surface area contributed by atoms with Crippen molar-refractivity contribution >= 4 is 0 Å². The first-order valence-electron chi connectivity index (χ1n) is 6.69. The van der Waals surface area contributed by atoms with Gasteiger partial charge in [-0.05, 0) is 18.9 Å². The molecule has 0 aliphatic carbocycles. The van der Waals surface area contributed by atoms with Crippen LogP contribution in [0.1, 0.15) is 51.1 Å². The van der Waals surface area contributed by atoms with Crippen molar-refractivity contribution < 1.29 is 5.11 Å². The molecule has 0 aromatic heterocycles. The molecule has 2 N–H and O–H groups in total. The van der Waals surface area contributed by atoms with E-state index in [2.05, 4.69) is 31.3 Å². The van der Waals surface area contributed by atoms with Crippen molar-refractivity contribution in [1.29, 1.82) is 0 Å². The Morgan fingerprint density at radius 2 is 1.88 bits per heavy atom. The van der Waals surface area contributed by atoms with Gasteiger partial charge in [0, 0.05) is 6.04 Å². The van der Waals surface area contributed by atoms with Gasteiger partial charge in [0.15, 0.2) is 0 Å². The van der Waals surface area contributed by atoms with Gasteiger partial charge in [-0.3, -0.25) is 0 Å². The summed E-state index contributed by atoms with van der Waals surface area (Å²) in [7, 11) is 0. The summed E-state index contributed by atoms with van der Waals surface area (Å²) in [6.07, 6.45) is 4.99. The molecule has 1 aromatic carbocycles. The lowest BCUT2D eigenvalue weighted by molar-refractivity contribution is 0.232. The lowest BCUT2D eigenvalue weighted by atomic mass is 10.0. The number of aliphatic hydroxyl groups excluding tert-OH is 1. The Labute approximate surface area is 105 Å². The molecule has 0 spiro atoms. The van der Waals surface area contributed by atoms with E-state index < -0.39 is 0 Å². The maximum atomic E-state index is 9.44. The van der Waals surface area contributed by atoms with Crippen LogP contribution in [0.2, 0.25) is 0 Å². The Balaban J connectivity index is 2.41. The largest absolute Gasteiger partial charge is 0.394 e. The molecule has 1 unspecified atom stereocenters. The molecule has 2 heteroatoms. The second-order valence-electron chi connectivity index (χ2n) is 4.71. The van der Waals surface area contributed by atoms with Gasteiger partial charge in [-0.2, -0.15) is 0 Å². The minimum atomic E-state index is 0.0628.